The molecule has 8 heteroatoms. The lowest BCUT2D eigenvalue weighted by atomic mass is 9.68. The summed E-state index contributed by atoms with van der Waals surface area (Å²) in [6.07, 6.45) is 2.92. The van der Waals surface area contributed by atoms with Gasteiger partial charge in [0.2, 0.25) is 0 Å². The highest BCUT2D eigenvalue weighted by Gasteiger charge is 2.43. The van der Waals surface area contributed by atoms with Gasteiger partial charge in [-0.2, -0.15) is 3.84 Å². The van der Waals surface area contributed by atoms with Crippen LogP contribution < -0.4 is 5.32 Å². The highest BCUT2D eigenvalue weighted by atomic mass is 35.6. The first-order valence-corrected chi connectivity index (χ1v) is 11.4. The normalized spacial score (nSPS) is 19.4. The average Bonchev–Trinajstić information content (AvgIpc) is 2.71. The molecule has 164 valence electrons. The van der Waals surface area contributed by atoms with Crippen LogP contribution >= 0.6 is 46.9 Å². The van der Waals surface area contributed by atoms with Crippen LogP contribution in [-0.4, -0.2) is 48.3 Å². The first kappa shape index (κ1) is 24.1. The van der Waals surface area contributed by atoms with Crippen LogP contribution in [0.1, 0.15) is 30.7 Å². The van der Waals surface area contributed by atoms with Gasteiger partial charge in [0, 0.05) is 48.7 Å². The van der Waals surface area contributed by atoms with Crippen molar-refractivity contribution in [3.63, 3.8) is 0 Å². The molecule has 1 heterocycles. The predicted octanol–water partition coefficient (Wildman–Crippen LogP) is 5.87. The Labute approximate surface area is 198 Å². The standard InChI is InChI=1S/C22H26Cl2N2O.Cl2O/c23-19-12-18(13-20(24)14-19)16-2-4-17(5-3-16)21(22(27)6-1-7-22)15-26-10-8-25-9-11-26;1-3-2/h2-5,12-14,21,25,27H,1,6-11,15H2;. The maximum Gasteiger partial charge on any atom is 0.0832 e. The molecule has 1 aliphatic carbocycles. The van der Waals surface area contributed by atoms with Gasteiger partial charge in [0.25, 0.3) is 0 Å². The van der Waals surface area contributed by atoms with Crippen LogP contribution in [0, 0.1) is 0 Å². The van der Waals surface area contributed by atoms with Gasteiger partial charge in [0.1, 0.15) is 0 Å². The number of nitrogens with one attached hydrogen (secondary N) is 1. The molecule has 0 bridgehead atoms. The Morgan fingerprint density at radius 2 is 1.53 bits per heavy atom. The van der Waals surface area contributed by atoms with E-state index in [9.17, 15) is 5.11 Å². The molecule has 1 atom stereocenters. The summed E-state index contributed by atoms with van der Waals surface area (Å²) in [7, 11) is 0. The fourth-order valence-electron chi connectivity index (χ4n) is 4.25. The fraction of sp³-hybridized carbons (Fsp3) is 0.455. The first-order chi connectivity index (χ1) is 14.4. The molecule has 4 nitrogen and oxygen atoms in total. The lowest BCUT2D eigenvalue weighted by molar-refractivity contribution is -0.0652. The smallest absolute Gasteiger partial charge is 0.0832 e. The third-order valence-electron chi connectivity index (χ3n) is 6.03. The molecular weight excluding hydrogens is 466 g/mol. The largest absolute Gasteiger partial charge is 0.389 e. The Hall–Kier alpha value is -0.560. The summed E-state index contributed by atoms with van der Waals surface area (Å²) in [6.45, 7) is 5.07. The molecule has 2 fully saturated rings. The number of benzene rings is 2. The van der Waals surface area contributed by atoms with Crippen molar-refractivity contribution in [1.82, 2.24) is 10.2 Å². The number of piperazine rings is 1. The number of nitrogens with zero attached hydrogens (tertiary/aromatic N) is 1. The predicted molar refractivity (Wildman–Crippen MR) is 126 cm³/mol. The molecule has 0 aromatic heterocycles. The Morgan fingerprint density at radius 3 is 2.03 bits per heavy atom. The van der Waals surface area contributed by atoms with E-state index >= 15 is 0 Å². The van der Waals surface area contributed by atoms with Gasteiger partial charge < -0.3 is 15.3 Å². The second kappa shape index (κ2) is 11.3. The summed E-state index contributed by atoms with van der Waals surface area (Å²) in [4.78, 5) is 2.47. The summed E-state index contributed by atoms with van der Waals surface area (Å²) < 4.78 is 3.19. The molecule has 2 N–H and O–H groups in total. The van der Waals surface area contributed by atoms with Gasteiger partial charge in [-0.1, -0.05) is 47.5 Å². The van der Waals surface area contributed by atoms with Gasteiger partial charge in [0.05, 0.1) is 29.3 Å². The highest BCUT2D eigenvalue weighted by molar-refractivity contribution is 6.35. The molecule has 4 rings (SSSR count). The number of aliphatic hydroxyl groups is 1. The third kappa shape index (κ3) is 6.24. The second-order valence-electron chi connectivity index (χ2n) is 7.90. The summed E-state index contributed by atoms with van der Waals surface area (Å²) >= 11 is 20.8. The van der Waals surface area contributed by atoms with Gasteiger partial charge in [0.15, 0.2) is 0 Å². The molecule has 0 spiro atoms. The maximum absolute atomic E-state index is 11.1. The minimum Gasteiger partial charge on any atom is -0.389 e. The van der Waals surface area contributed by atoms with E-state index in [-0.39, 0.29) is 5.92 Å². The van der Waals surface area contributed by atoms with E-state index in [0.717, 1.165) is 63.1 Å². The van der Waals surface area contributed by atoms with Crippen molar-refractivity contribution in [2.24, 2.45) is 0 Å². The lowest BCUT2D eigenvalue weighted by Gasteiger charge is -2.46. The summed E-state index contributed by atoms with van der Waals surface area (Å²) in [6, 6.07) is 14.2. The Balaban J connectivity index is 0.000000806. The fourth-order valence-corrected chi connectivity index (χ4v) is 4.78. The van der Waals surface area contributed by atoms with Crippen molar-refractivity contribution in [3.8, 4) is 11.1 Å². The quantitative estimate of drug-likeness (QED) is 0.548. The Kier molecular flexibility index (Phi) is 9.11. The third-order valence-corrected chi connectivity index (χ3v) is 6.46. The zero-order chi connectivity index (χ0) is 21.6. The van der Waals surface area contributed by atoms with Crippen LogP contribution in [0.5, 0.6) is 0 Å². The SMILES string of the molecule is ClOCl.OC1(C(CN2CCNCC2)c2ccc(-c3cc(Cl)cc(Cl)c3)cc2)CCC1. The molecule has 1 saturated carbocycles. The summed E-state index contributed by atoms with van der Waals surface area (Å²) in [5, 5.41) is 15.8. The Morgan fingerprint density at radius 1 is 0.967 bits per heavy atom. The topological polar surface area (TPSA) is 44.7 Å². The van der Waals surface area contributed by atoms with E-state index in [1.807, 2.05) is 12.1 Å². The van der Waals surface area contributed by atoms with Crippen LogP contribution in [-0.2, 0) is 3.84 Å². The molecule has 1 saturated heterocycles. The Bertz CT molecular complexity index is 789. The van der Waals surface area contributed by atoms with E-state index in [4.69, 9.17) is 23.2 Å². The molecule has 0 amide bonds. The number of hydrogen-bond donors (Lipinski definition) is 2. The van der Waals surface area contributed by atoms with E-state index < -0.39 is 5.60 Å². The van der Waals surface area contributed by atoms with Crippen molar-refractivity contribution in [2.45, 2.75) is 30.8 Å². The molecule has 30 heavy (non-hydrogen) atoms. The minimum atomic E-state index is -0.564. The monoisotopic (exact) mass is 490 g/mol. The number of halogens is 4. The van der Waals surface area contributed by atoms with Gasteiger partial charge in [-0.15, -0.1) is 0 Å². The van der Waals surface area contributed by atoms with Crippen molar-refractivity contribution in [1.29, 1.82) is 0 Å². The second-order valence-corrected chi connectivity index (χ2v) is 9.24. The van der Waals surface area contributed by atoms with Crippen molar-refractivity contribution in [2.75, 3.05) is 32.7 Å². The van der Waals surface area contributed by atoms with Crippen LogP contribution in [0.25, 0.3) is 11.1 Å². The van der Waals surface area contributed by atoms with E-state index in [1.54, 1.807) is 6.07 Å². The zero-order valence-corrected chi connectivity index (χ0v) is 19.6. The molecule has 1 aliphatic heterocycles. The van der Waals surface area contributed by atoms with E-state index in [1.165, 1.54) is 5.56 Å². The van der Waals surface area contributed by atoms with Crippen LogP contribution in [0.15, 0.2) is 42.5 Å². The molecular formula is C22H26Cl4N2O2. The van der Waals surface area contributed by atoms with Crippen LogP contribution in [0.3, 0.4) is 0 Å². The van der Waals surface area contributed by atoms with Gasteiger partial charge >= 0.3 is 0 Å². The van der Waals surface area contributed by atoms with Crippen LogP contribution in [0.2, 0.25) is 10.0 Å². The number of rotatable bonds is 5. The number of hydrogen-bond acceptors (Lipinski definition) is 4. The summed E-state index contributed by atoms with van der Waals surface area (Å²) in [5.41, 5.74) is 2.75. The molecule has 1 unspecified atom stereocenters. The molecule has 2 aromatic rings. The molecule has 2 aliphatic rings. The van der Waals surface area contributed by atoms with Crippen LogP contribution in [0.4, 0.5) is 0 Å². The van der Waals surface area contributed by atoms with Crippen molar-refractivity contribution >= 4 is 46.9 Å². The van der Waals surface area contributed by atoms with Crippen molar-refractivity contribution < 1.29 is 8.95 Å². The van der Waals surface area contributed by atoms with Gasteiger partial charge in [-0.3, -0.25) is 0 Å². The molecule has 0 radical (unpaired) electrons. The van der Waals surface area contributed by atoms with Gasteiger partial charge in [-0.05, 0) is 54.2 Å². The van der Waals surface area contributed by atoms with Crippen molar-refractivity contribution in [3.05, 3.63) is 58.1 Å². The maximum atomic E-state index is 11.1. The highest BCUT2D eigenvalue weighted by Crippen LogP contribution is 2.44. The lowest BCUT2D eigenvalue weighted by Crippen LogP contribution is -2.51. The van der Waals surface area contributed by atoms with E-state index in [2.05, 4.69) is 62.1 Å². The zero-order valence-electron chi connectivity index (χ0n) is 16.6. The minimum absolute atomic E-state index is 0.154. The molecule has 2 aromatic carbocycles. The average molecular weight is 492 g/mol. The summed E-state index contributed by atoms with van der Waals surface area (Å²) in [5.74, 6) is 0.154. The van der Waals surface area contributed by atoms with Gasteiger partial charge in [-0.25, -0.2) is 0 Å². The van der Waals surface area contributed by atoms with E-state index in [0.29, 0.717) is 10.0 Å². The first-order valence-electron chi connectivity index (χ1n) is 10.1.